The second kappa shape index (κ2) is 7.55. The normalized spacial score (nSPS) is 14.4. The van der Waals surface area contributed by atoms with Crippen molar-refractivity contribution in [2.24, 2.45) is 7.05 Å². The van der Waals surface area contributed by atoms with Gasteiger partial charge in [-0.05, 0) is 42.8 Å². The van der Waals surface area contributed by atoms with Crippen molar-refractivity contribution in [2.45, 2.75) is 6.92 Å². The Balaban J connectivity index is 1.69. The van der Waals surface area contributed by atoms with Crippen LogP contribution in [-0.2, 0) is 11.8 Å². The molecule has 138 valence electrons. The van der Waals surface area contributed by atoms with E-state index < -0.39 is 0 Å². The first-order valence-electron chi connectivity index (χ1n) is 8.50. The summed E-state index contributed by atoms with van der Waals surface area (Å²) in [5.41, 5.74) is 1.85. The number of aromatic nitrogens is 2. The second-order valence-electron chi connectivity index (χ2n) is 6.02. The number of ether oxygens (including phenoxy) is 1. The highest BCUT2D eigenvalue weighted by molar-refractivity contribution is 5.93. The Morgan fingerprint density at radius 2 is 1.73 bits per heavy atom. The van der Waals surface area contributed by atoms with Crippen LogP contribution >= 0.6 is 0 Å². The molecule has 0 unspecified atom stereocenters. The number of carbonyl (C=O) groups excluding carboxylic acids is 2. The van der Waals surface area contributed by atoms with Gasteiger partial charge >= 0.3 is 6.09 Å². The molecule has 1 aliphatic rings. The molecular formula is C18H21FN4O3. The summed E-state index contributed by atoms with van der Waals surface area (Å²) >= 11 is 0. The Morgan fingerprint density at radius 3 is 2.35 bits per heavy atom. The van der Waals surface area contributed by atoms with Gasteiger partial charge in [-0.25, -0.2) is 9.18 Å². The molecule has 8 heteroatoms. The molecule has 0 bridgehead atoms. The van der Waals surface area contributed by atoms with E-state index in [0.29, 0.717) is 38.5 Å². The maximum absolute atomic E-state index is 13.1. The fourth-order valence-corrected chi connectivity index (χ4v) is 2.93. The van der Waals surface area contributed by atoms with Gasteiger partial charge in [0.1, 0.15) is 5.82 Å². The summed E-state index contributed by atoms with van der Waals surface area (Å²) in [6, 6.07) is 7.75. The molecule has 0 radical (unpaired) electrons. The third-order valence-electron chi connectivity index (χ3n) is 4.33. The number of amides is 2. The van der Waals surface area contributed by atoms with Crippen molar-refractivity contribution < 1.29 is 18.7 Å². The van der Waals surface area contributed by atoms with Crippen molar-refractivity contribution in [1.29, 1.82) is 0 Å². The van der Waals surface area contributed by atoms with Crippen LogP contribution in [0.15, 0.2) is 30.3 Å². The highest BCUT2D eigenvalue weighted by atomic mass is 19.1. The van der Waals surface area contributed by atoms with Crippen LogP contribution in [0.2, 0.25) is 0 Å². The van der Waals surface area contributed by atoms with E-state index in [1.54, 1.807) is 46.7 Å². The molecule has 0 aliphatic carbocycles. The lowest BCUT2D eigenvalue weighted by Gasteiger charge is -2.33. The van der Waals surface area contributed by atoms with Crippen LogP contribution in [0, 0.1) is 5.82 Å². The molecule has 0 N–H and O–H groups in total. The smallest absolute Gasteiger partial charge is 0.409 e. The van der Waals surface area contributed by atoms with Crippen LogP contribution in [0.25, 0.3) is 11.3 Å². The number of piperazine rings is 1. The Kier molecular flexibility index (Phi) is 5.20. The van der Waals surface area contributed by atoms with Crippen LogP contribution < -0.4 is 0 Å². The van der Waals surface area contributed by atoms with E-state index in [-0.39, 0.29) is 17.8 Å². The summed E-state index contributed by atoms with van der Waals surface area (Å²) < 4.78 is 19.7. The van der Waals surface area contributed by atoms with E-state index in [9.17, 15) is 14.0 Å². The van der Waals surface area contributed by atoms with E-state index in [0.717, 1.165) is 11.3 Å². The van der Waals surface area contributed by atoms with Crippen molar-refractivity contribution in [3.05, 3.63) is 41.8 Å². The fraction of sp³-hybridized carbons (Fsp3) is 0.389. The predicted molar refractivity (Wildman–Crippen MR) is 93.1 cm³/mol. The average Bonchev–Trinajstić information content (AvgIpc) is 3.04. The van der Waals surface area contributed by atoms with Gasteiger partial charge in [-0.2, -0.15) is 5.10 Å². The second-order valence-corrected chi connectivity index (χ2v) is 6.02. The zero-order chi connectivity index (χ0) is 18.7. The minimum atomic E-state index is -0.351. The topological polar surface area (TPSA) is 67.7 Å². The number of halogens is 1. The van der Waals surface area contributed by atoms with Crippen molar-refractivity contribution in [3.63, 3.8) is 0 Å². The monoisotopic (exact) mass is 360 g/mol. The molecular weight excluding hydrogens is 339 g/mol. The van der Waals surface area contributed by atoms with Crippen molar-refractivity contribution >= 4 is 12.0 Å². The van der Waals surface area contributed by atoms with Crippen LogP contribution in [0.4, 0.5) is 9.18 Å². The maximum atomic E-state index is 13.1. The largest absolute Gasteiger partial charge is 0.450 e. The van der Waals surface area contributed by atoms with Gasteiger partial charge in [-0.3, -0.25) is 9.48 Å². The van der Waals surface area contributed by atoms with Gasteiger partial charge in [0.25, 0.3) is 5.91 Å². The molecule has 1 saturated heterocycles. The van der Waals surface area contributed by atoms with Gasteiger partial charge in [-0.1, -0.05) is 0 Å². The standard InChI is InChI=1S/C18H21FN4O3/c1-3-26-18(25)23-10-8-22(9-11-23)17(24)15-12-16(21(2)20-15)13-4-6-14(19)7-5-13/h4-7,12H,3,8-11H2,1-2H3. The highest BCUT2D eigenvalue weighted by Crippen LogP contribution is 2.21. The summed E-state index contributed by atoms with van der Waals surface area (Å²) in [6.45, 7) is 3.82. The Labute approximate surface area is 150 Å². The quantitative estimate of drug-likeness (QED) is 0.841. The molecule has 7 nitrogen and oxygen atoms in total. The van der Waals surface area contributed by atoms with E-state index >= 15 is 0 Å². The summed E-state index contributed by atoms with van der Waals surface area (Å²) in [7, 11) is 1.74. The molecule has 3 rings (SSSR count). The minimum absolute atomic E-state index is 0.183. The molecule has 0 spiro atoms. The van der Waals surface area contributed by atoms with Gasteiger partial charge in [0.15, 0.2) is 5.69 Å². The molecule has 0 saturated carbocycles. The van der Waals surface area contributed by atoms with Gasteiger partial charge in [0.2, 0.25) is 0 Å². The minimum Gasteiger partial charge on any atom is -0.450 e. The van der Waals surface area contributed by atoms with Crippen molar-refractivity contribution in [2.75, 3.05) is 32.8 Å². The molecule has 0 atom stereocenters. The fourth-order valence-electron chi connectivity index (χ4n) is 2.93. The van der Waals surface area contributed by atoms with Gasteiger partial charge in [0, 0.05) is 33.2 Å². The molecule has 2 amide bonds. The third-order valence-corrected chi connectivity index (χ3v) is 4.33. The number of rotatable bonds is 3. The van der Waals surface area contributed by atoms with Crippen LogP contribution in [0.5, 0.6) is 0 Å². The number of carbonyl (C=O) groups is 2. The van der Waals surface area contributed by atoms with Gasteiger partial charge in [0.05, 0.1) is 12.3 Å². The van der Waals surface area contributed by atoms with Gasteiger partial charge in [-0.15, -0.1) is 0 Å². The summed E-state index contributed by atoms with van der Waals surface area (Å²) in [6.07, 6.45) is -0.351. The van der Waals surface area contributed by atoms with E-state index in [4.69, 9.17) is 4.74 Å². The molecule has 1 aliphatic heterocycles. The lowest BCUT2D eigenvalue weighted by molar-refractivity contribution is 0.0565. The lowest BCUT2D eigenvalue weighted by atomic mass is 10.1. The summed E-state index contributed by atoms with van der Waals surface area (Å²) in [4.78, 5) is 27.7. The molecule has 1 aromatic carbocycles. The maximum Gasteiger partial charge on any atom is 0.409 e. The Morgan fingerprint density at radius 1 is 1.12 bits per heavy atom. The van der Waals surface area contributed by atoms with Crippen molar-refractivity contribution in [3.8, 4) is 11.3 Å². The number of nitrogens with zero attached hydrogens (tertiary/aromatic N) is 4. The third kappa shape index (κ3) is 3.68. The zero-order valence-electron chi connectivity index (χ0n) is 14.8. The average molecular weight is 360 g/mol. The zero-order valence-corrected chi connectivity index (χ0v) is 14.8. The van der Waals surface area contributed by atoms with E-state index in [1.165, 1.54) is 12.1 Å². The van der Waals surface area contributed by atoms with E-state index in [2.05, 4.69) is 5.10 Å². The number of benzene rings is 1. The Hall–Kier alpha value is -2.90. The molecule has 2 aromatic rings. The van der Waals surface area contributed by atoms with Crippen LogP contribution in [-0.4, -0.2) is 64.4 Å². The first-order chi connectivity index (χ1) is 12.5. The number of hydrogen-bond acceptors (Lipinski definition) is 4. The molecule has 1 aromatic heterocycles. The van der Waals surface area contributed by atoms with Crippen LogP contribution in [0.1, 0.15) is 17.4 Å². The predicted octanol–water partition coefficient (Wildman–Crippen LogP) is 2.14. The SMILES string of the molecule is CCOC(=O)N1CCN(C(=O)c2cc(-c3ccc(F)cc3)n(C)n2)CC1. The van der Waals surface area contributed by atoms with Crippen molar-refractivity contribution in [1.82, 2.24) is 19.6 Å². The van der Waals surface area contributed by atoms with E-state index in [1.807, 2.05) is 0 Å². The van der Waals surface area contributed by atoms with Crippen LogP contribution in [0.3, 0.4) is 0 Å². The highest BCUT2D eigenvalue weighted by Gasteiger charge is 2.27. The number of hydrogen-bond donors (Lipinski definition) is 0. The molecule has 2 heterocycles. The molecule has 26 heavy (non-hydrogen) atoms. The summed E-state index contributed by atoms with van der Waals surface area (Å²) in [5, 5.41) is 4.29. The first kappa shape index (κ1) is 17.9. The Bertz CT molecular complexity index is 795. The number of aryl methyl sites for hydroxylation is 1. The molecule has 1 fully saturated rings. The summed E-state index contributed by atoms with van der Waals surface area (Å²) in [5.74, 6) is -0.496. The van der Waals surface area contributed by atoms with Gasteiger partial charge < -0.3 is 14.5 Å². The lowest BCUT2D eigenvalue weighted by Crippen LogP contribution is -2.50. The first-order valence-corrected chi connectivity index (χ1v) is 8.50.